The van der Waals surface area contributed by atoms with Crippen molar-refractivity contribution in [2.45, 2.75) is 32.2 Å². The highest BCUT2D eigenvalue weighted by molar-refractivity contribution is 5.95. The van der Waals surface area contributed by atoms with Crippen LogP contribution in [0.25, 0.3) is 5.69 Å². The Morgan fingerprint density at radius 2 is 2.05 bits per heavy atom. The summed E-state index contributed by atoms with van der Waals surface area (Å²) in [7, 11) is 0. The Labute approximate surface area is 119 Å². The zero-order valence-electron chi connectivity index (χ0n) is 11.8. The molecule has 1 aliphatic rings. The van der Waals surface area contributed by atoms with Crippen molar-refractivity contribution in [3.63, 3.8) is 0 Å². The molecule has 104 valence electrons. The van der Waals surface area contributed by atoms with E-state index in [-0.39, 0.29) is 5.91 Å². The molecule has 3 nitrogen and oxygen atoms in total. The summed E-state index contributed by atoms with van der Waals surface area (Å²) in [5.41, 5.74) is 1.82. The number of carbonyl (C=O) groups excluding carboxylic acids is 1. The Balaban J connectivity index is 1.87. The monoisotopic (exact) mass is 268 g/mol. The zero-order chi connectivity index (χ0) is 13.9. The van der Waals surface area contributed by atoms with E-state index in [0.29, 0.717) is 6.04 Å². The topological polar surface area (TPSA) is 25.2 Å². The van der Waals surface area contributed by atoms with Gasteiger partial charge in [0.1, 0.15) is 0 Å². The van der Waals surface area contributed by atoms with Crippen LogP contribution < -0.4 is 0 Å². The molecule has 1 aliphatic heterocycles. The fourth-order valence-electron chi connectivity index (χ4n) is 3.00. The van der Waals surface area contributed by atoms with Gasteiger partial charge in [0.25, 0.3) is 5.91 Å². The number of benzene rings is 1. The highest BCUT2D eigenvalue weighted by Crippen LogP contribution is 2.23. The molecule has 1 fully saturated rings. The summed E-state index contributed by atoms with van der Waals surface area (Å²) >= 11 is 0. The molecule has 20 heavy (non-hydrogen) atoms. The van der Waals surface area contributed by atoms with Crippen molar-refractivity contribution in [3.8, 4) is 5.69 Å². The van der Waals surface area contributed by atoms with Gasteiger partial charge in [-0.05, 0) is 49.6 Å². The van der Waals surface area contributed by atoms with Gasteiger partial charge >= 0.3 is 0 Å². The Morgan fingerprint density at radius 1 is 1.25 bits per heavy atom. The maximum absolute atomic E-state index is 12.7. The molecule has 1 amide bonds. The Hall–Kier alpha value is -2.03. The van der Waals surface area contributed by atoms with Crippen LogP contribution in [0.1, 0.15) is 36.5 Å². The fourth-order valence-corrected chi connectivity index (χ4v) is 3.00. The highest BCUT2D eigenvalue weighted by atomic mass is 16.2. The Bertz CT molecular complexity index is 589. The number of aromatic nitrogens is 1. The van der Waals surface area contributed by atoms with Crippen LogP contribution in [-0.2, 0) is 0 Å². The highest BCUT2D eigenvalue weighted by Gasteiger charge is 2.27. The van der Waals surface area contributed by atoms with Crippen LogP contribution >= 0.6 is 0 Å². The largest absolute Gasteiger partial charge is 0.336 e. The molecule has 0 saturated carbocycles. The molecule has 0 bridgehead atoms. The quantitative estimate of drug-likeness (QED) is 0.836. The van der Waals surface area contributed by atoms with E-state index < -0.39 is 0 Å². The normalized spacial score (nSPS) is 18.4. The molecule has 2 aromatic rings. The van der Waals surface area contributed by atoms with Gasteiger partial charge in [0.05, 0.1) is 0 Å². The average molecular weight is 268 g/mol. The molecule has 3 rings (SSSR count). The predicted octanol–water partition coefficient (Wildman–Crippen LogP) is 3.49. The second-order valence-corrected chi connectivity index (χ2v) is 5.34. The van der Waals surface area contributed by atoms with Crippen molar-refractivity contribution in [1.82, 2.24) is 9.47 Å². The van der Waals surface area contributed by atoms with Crippen LogP contribution in [0.2, 0.25) is 0 Å². The lowest BCUT2D eigenvalue weighted by Crippen LogP contribution is -2.35. The molecule has 1 atom stereocenters. The molecule has 3 heteroatoms. The second-order valence-electron chi connectivity index (χ2n) is 5.34. The number of rotatable bonds is 3. The number of likely N-dealkylation sites (tertiary alicyclic amines) is 1. The molecular weight excluding hydrogens is 248 g/mol. The average Bonchev–Trinajstić information content (AvgIpc) is 3.17. The first kappa shape index (κ1) is 13.0. The van der Waals surface area contributed by atoms with E-state index in [9.17, 15) is 4.79 Å². The molecule has 1 saturated heterocycles. The van der Waals surface area contributed by atoms with E-state index in [2.05, 4.69) is 6.92 Å². The minimum atomic E-state index is 0.170. The van der Waals surface area contributed by atoms with E-state index in [4.69, 9.17) is 0 Å². The summed E-state index contributed by atoms with van der Waals surface area (Å²) in [5.74, 6) is 0.170. The first-order valence-corrected chi connectivity index (χ1v) is 7.34. The minimum absolute atomic E-state index is 0.170. The second kappa shape index (κ2) is 5.53. The van der Waals surface area contributed by atoms with E-state index >= 15 is 0 Å². The number of carbonyl (C=O) groups is 1. The van der Waals surface area contributed by atoms with Gasteiger partial charge in [-0.1, -0.05) is 13.0 Å². The minimum Gasteiger partial charge on any atom is -0.336 e. The maximum atomic E-state index is 12.7. The lowest BCUT2D eigenvalue weighted by molar-refractivity contribution is 0.0733. The van der Waals surface area contributed by atoms with Crippen molar-refractivity contribution < 1.29 is 4.79 Å². The molecule has 0 N–H and O–H groups in total. The van der Waals surface area contributed by atoms with Crippen LogP contribution in [0.15, 0.2) is 48.8 Å². The predicted molar refractivity (Wildman–Crippen MR) is 80.1 cm³/mol. The summed E-state index contributed by atoms with van der Waals surface area (Å²) in [6.45, 7) is 3.05. The molecule has 1 aromatic carbocycles. The Morgan fingerprint density at radius 3 is 2.80 bits per heavy atom. The van der Waals surface area contributed by atoms with Crippen LogP contribution in [0, 0.1) is 0 Å². The summed E-state index contributed by atoms with van der Waals surface area (Å²) in [6, 6.07) is 12.3. The third kappa shape index (κ3) is 2.36. The number of nitrogens with zero attached hydrogens (tertiary/aromatic N) is 2. The fraction of sp³-hybridized carbons (Fsp3) is 0.353. The zero-order valence-corrected chi connectivity index (χ0v) is 11.8. The van der Waals surface area contributed by atoms with Crippen LogP contribution in [0.5, 0.6) is 0 Å². The summed E-state index contributed by atoms with van der Waals surface area (Å²) < 4.78 is 2.03. The van der Waals surface area contributed by atoms with Crippen molar-refractivity contribution in [3.05, 3.63) is 54.4 Å². The summed E-state index contributed by atoms with van der Waals surface area (Å²) in [6.07, 6.45) is 7.30. The standard InChI is InChI=1S/C17H20N2O/c1-2-15-9-6-12-19(15)17(20)14-7-5-8-16(13-14)18-10-3-4-11-18/h3-5,7-8,10-11,13,15H,2,6,9,12H2,1H3. The maximum Gasteiger partial charge on any atom is 0.254 e. The number of amides is 1. The van der Waals surface area contributed by atoms with E-state index in [1.807, 2.05) is 58.3 Å². The van der Waals surface area contributed by atoms with Gasteiger partial charge in [0.15, 0.2) is 0 Å². The lowest BCUT2D eigenvalue weighted by Gasteiger charge is -2.24. The third-order valence-electron chi connectivity index (χ3n) is 4.10. The first-order chi connectivity index (χ1) is 9.79. The molecular formula is C17H20N2O. The summed E-state index contributed by atoms with van der Waals surface area (Å²) in [5, 5.41) is 0. The molecule has 2 heterocycles. The molecule has 0 spiro atoms. The number of hydrogen-bond acceptors (Lipinski definition) is 1. The van der Waals surface area contributed by atoms with Crippen LogP contribution in [0.3, 0.4) is 0 Å². The SMILES string of the molecule is CCC1CCCN1C(=O)c1cccc(-n2cccc2)c1. The summed E-state index contributed by atoms with van der Waals surface area (Å²) in [4.78, 5) is 14.7. The lowest BCUT2D eigenvalue weighted by atomic mass is 10.1. The third-order valence-corrected chi connectivity index (χ3v) is 4.10. The van der Waals surface area contributed by atoms with Crippen molar-refractivity contribution in [2.24, 2.45) is 0 Å². The van der Waals surface area contributed by atoms with Crippen molar-refractivity contribution >= 4 is 5.91 Å². The van der Waals surface area contributed by atoms with Gasteiger partial charge in [-0.2, -0.15) is 0 Å². The van der Waals surface area contributed by atoms with E-state index in [0.717, 1.165) is 37.1 Å². The molecule has 0 aliphatic carbocycles. The van der Waals surface area contributed by atoms with Crippen molar-refractivity contribution in [2.75, 3.05) is 6.54 Å². The van der Waals surface area contributed by atoms with Gasteiger partial charge in [-0.3, -0.25) is 4.79 Å². The van der Waals surface area contributed by atoms with E-state index in [1.54, 1.807) is 0 Å². The van der Waals surface area contributed by atoms with Crippen LogP contribution in [-0.4, -0.2) is 28.0 Å². The van der Waals surface area contributed by atoms with Gasteiger partial charge in [-0.25, -0.2) is 0 Å². The Kier molecular flexibility index (Phi) is 3.59. The molecule has 1 aromatic heterocycles. The van der Waals surface area contributed by atoms with Gasteiger partial charge < -0.3 is 9.47 Å². The van der Waals surface area contributed by atoms with E-state index in [1.165, 1.54) is 0 Å². The smallest absolute Gasteiger partial charge is 0.254 e. The van der Waals surface area contributed by atoms with Gasteiger partial charge in [0.2, 0.25) is 0 Å². The van der Waals surface area contributed by atoms with Gasteiger partial charge in [0, 0.05) is 36.2 Å². The van der Waals surface area contributed by atoms with Crippen molar-refractivity contribution in [1.29, 1.82) is 0 Å². The molecule has 0 radical (unpaired) electrons. The molecule has 1 unspecified atom stereocenters. The number of hydrogen-bond donors (Lipinski definition) is 0. The van der Waals surface area contributed by atoms with Gasteiger partial charge in [-0.15, -0.1) is 0 Å². The van der Waals surface area contributed by atoms with Crippen LogP contribution in [0.4, 0.5) is 0 Å². The first-order valence-electron chi connectivity index (χ1n) is 7.34.